The summed E-state index contributed by atoms with van der Waals surface area (Å²) in [5.41, 5.74) is 15.2. The van der Waals surface area contributed by atoms with Crippen LogP contribution in [-0.2, 0) is 22.5 Å². The molecule has 0 aliphatic carbocycles. The molecular weight excluding hydrogens is 564 g/mol. The highest BCUT2D eigenvalue weighted by Gasteiger charge is 2.45. The molecule has 0 unspecified atom stereocenters. The standard InChI is InChI=1S/C31H40N8O5/c1-43-22-10-7-19(8-11-22)13-14-34-30(42)23(32)12-9-21(35-16-20-5-3-2-4-6-20)15-24-26(40)27(41)31(44-24)39-18-38-25-28(33)36-17-37-29(25)39/h2-8,10-11,17-18,21,23-24,26-27,31,35,40-41H,9,12-16,32H2,1H3,(H,34,42)(H2,33,36,37)/t21-,23-,24+,26+,27+,31+/m0/s1. The van der Waals surface area contributed by atoms with E-state index in [2.05, 4.69) is 25.6 Å². The van der Waals surface area contributed by atoms with Crippen molar-refractivity contribution in [2.24, 2.45) is 5.73 Å². The second kappa shape index (κ2) is 14.6. The van der Waals surface area contributed by atoms with Gasteiger partial charge < -0.3 is 41.8 Å². The lowest BCUT2D eigenvalue weighted by atomic mass is 9.97. The van der Waals surface area contributed by atoms with E-state index in [9.17, 15) is 15.0 Å². The number of carbonyl (C=O) groups is 1. The van der Waals surface area contributed by atoms with Gasteiger partial charge in [0.2, 0.25) is 5.91 Å². The van der Waals surface area contributed by atoms with Crippen LogP contribution in [0.3, 0.4) is 0 Å². The highest BCUT2D eigenvalue weighted by molar-refractivity contribution is 5.81. The van der Waals surface area contributed by atoms with Crippen LogP contribution in [0, 0.1) is 0 Å². The molecule has 1 aliphatic heterocycles. The lowest BCUT2D eigenvalue weighted by molar-refractivity contribution is -0.122. The van der Waals surface area contributed by atoms with Crippen molar-refractivity contribution < 1.29 is 24.5 Å². The van der Waals surface area contributed by atoms with E-state index in [0.717, 1.165) is 16.9 Å². The van der Waals surface area contributed by atoms with Gasteiger partial charge in [0, 0.05) is 19.1 Å². The summed E-state index contributed by atoms with van der Waals surface area (Å²) in [5.74, 6) is 0.775. The highest BCUT2D eigenvalue weighted by Crippen LogP contribution is 2.34. The summed E-state index contributed by atoms with van der Waals surface area (Å²) >= 11 is 0. The molecule has 5 rings (SSSR count). The van der Waals surface area contributed by atoms with Crippen LogP contribution in [0.4, 0.5) is 5.82 Å². The zero-order valence-electron chi connectivity index (χ0n) is 24.6. The summed E-state index contributed by atoms with van der Waals surface area (Å²) in [6.45, 7) is 1.04. The molecule has 1 saturated heterocycles. The first kappa shape index (κ1) is 31.3. The number of carbonyl (C=O) groups excluding carboxylic acids is 1. The van der Waals surface area contributed by atoms with Crippen molar-refractivity contribution in [3.05, 3.63) is 78.4 Å². The molecule has 234 valence electrons. The van der Waals surface area contributed by atoms with E-state index < -0.39 is 30.6 Å². The van der Waals surface area contributed by atoms with Gasteiger partial charge in [-0.15, -0.1) is 0 Å². The Morgan fingerprint density at radius 2 is 1.82 bits per heavy atom. The molecule has 8 N–H and O–H groups in total. The van der Waals surface area contributed by atoms with Crippen molar-refractivity contribution in [2.75, 3.05) is 19.4 Å². The average Bonchev–Trinajstić information content (AvgIpc) is 3.60. The number of aliphatic hydroxyl groups is 2. The van der Waals surface area contributed by atoms with Crippen LogP contribution in [0.15, 0.2) is 67.3 Å². The Labute approximate surface area is 255 Å². The van der Waals surface area contributed by atoms with Crippen molar-refractivity contribution in [1.29, 1.82) is 0 Å². The molecule has 3 heterocycles. The maximum Gasteiger partial charge on any atom is 0.236 e. The fraction of sp³-hybridized carbons (Fsp3) is 0.419. The number of aromatic nitrogens is 4. The Kier molecular flexibility index (Phi) is 10.4. The van der Waals surface area contributed by atoms with Crippen LogP contribution in [0.2, 0.25) is 0 Å². The van der Waals surface area contributed by atoms with E-state index >= 15 is 0 Å². The smallest absolute Gasteiger partial charge is 0.236 e. The Balaban J connectivity index is 1.19. The number of hydrogen-bond donors (Lipinski definition) is 6. The molecule has 2 aromatic heterocycles. The lowest BCUT2D eigenvalue weighted by Crippen LogP contribution is -2.43. The number of ether oxygens (including phenoxy) is 2. The van der Waals surface area contributed by atoms with Gasteiger partial charge >= 0.3 is 0 Å². The normalized spacial score (nSPS) is 21.3. The number of aliphatic hydroxyl groups excluding tert-OH is 2. The Morgan fingerprint density at radius 3 is 2.57 bits per heavy atom. The summed E-state index contributed by atoms with van der Waals surface area (Å²) in [5, 5.41) is 28.4. The molecule has 4 aromatic rings. The van der Waals surface area contributed by atoms with Gasteiger partial charge in [0.25, 0.3) is 0 Å². The van der Waals surface area contributed by atoms with Crippen molar-refractivity contribution in [2.45, 2.75) is 68.9 Å². The molecular formula is C31H40N8O5. The summed E-state index contributed by atoms with van der Waals surface area (Å²) in [4.78, 5) is 25.2. The minimum atomic E-state index is -1.22. The molecule has 6 atom stereocenters. The molecule has 1 fully saturated rings. The molecule has 1 aliphatic rings. The van der Waals surface area contributed by atoms with E-state index in [1.54, 1.807) is 11.7 Å². The number of fused-ring (bicyclic) bond motifs is 1. The van der Waals surface area contributed by atoms with Gasteiger partial charge in [-0.2, -0.15) is 0 Å². The van der Waals surface area contributed by atoms with Gasteiger partial charge in [-0.1, -0.05) is 42.5 Å². The van der Waals surface area contributed by atoms with Crippen molar-refractivity contribution >= 4 is 22.9 Å². The number of benzene rings is 2. The minimum Gasteiger partial charge on any atom is -0.497 e. The Morgan fingerprint density at radius 1 is 1.05 bits per heavy atom. The Hall–Kier alpha value is -4.14. The monoisotopic (exact) mass is 604 g/mol. The highest BCUT2D eigenvalue weighted by atomic mass is 16.6. The van der Waals surface area contributed by atoms with Gasteiger partial charge in [0.05, 0.1) is 25.6 Å². The van der Waals surface area contributed by atoms with Crippen LogP contribution in [0.25, 0.3) is 11.2 Å². The number of imidazole rings is 1. The molecule has 44 heavy (non-hydrogen) atoms. The summed E-state index contributed by atoms with van der Waals surface area (Å²) < 4.78 is 12.9. The third kappa shape index (κ3) is 7.49. The first-order valence-corrected chi connectivity index (χ1v) is 14.7. The number of nitrogens with two attached hydrogens (primary N) is 2. The summed E-state index contributed by atoms with van der Waals surface area (Å²) in [6, 6.07) is 16.8. The molecule has 0 bridgehead atoms. The van der Waals surface area contributed by atoms with E-state index in [4.69, 9.17) is 20.9 Å². The van der Waals surface area contributed by atoms with Crippen LogP contribution in [-0.4, -0.2) is 79.7 Å². The predicted molar refractivity (Wildman–Crippen MR) is 164 cm³/mol. The van der Waals surface area contributed by atoms with Crippen LogP contribution >= 0.6 is 0 Å². The zero-order valence-corrected chi connectivity index (χ0v) is 24.6. The van der Waals surface area contributed by atoms with E-state index in [0.29, 0.717) is 49.9 Å². The predicted octanol–water partition coefficient (Wildman–Crippen LogP) is 1.05. The van der Waals surface area contributed by atoms with E-state index in [1.807, 2.05) is 54.6 Å². The molecule has 0 spiro atoms. The Bertz CT molecular complexity index is 1500. The van der Waals surface area contributed by atoms with Gasteiger partial charge in [-0.3, -0.25) is 9.36 Å². The number of rotatable bonds is 14. The van der Waals surface area contributed by atoms with Gasteiger partial charge in [-0.25, -0.2) is 15.0 Å². The fourth-order valence-corrected chi connectivity index (χ4v) is 5.42. The van der Waals surface area contributed by atoms with Gasteiger partial charge in [0.15, 0.2) is 17.7 Å². The van der Waals surface area contributed by atoms with Gasteiger partial charge in [0.1, 0.15) is 29.8 Å². The number of nitrogen functional groups attached to an aromatic ring is 1. The summed E-state index contributed by atoms with van der Waals surface area (Å²) in [6.07, 6.45) is 0.796. The molecule has 0 saturated carbocycles. The summed E-state index contributed by atoms with van der Waals surface area (Å²) in [7, 11) is 1.62. The number of anilines is 1. The second-order valence-electron chi connectivity index (χ2n) is 11.0. The number of methoxy groups -OCH3 is 1. The van der Waals surface area contributed by atoms with Crippen LogP contribution in [0.1, 0.15) is 36.6 Å². The van der Waals surface area contributed by atoms with Crippen LogP contribution in [0.5, 0.6) is 5.75 Å². The van der Waals surface area contributed by atoms with Gasteiger partial charge in [-0.05, 0) is 48.9 Å². The molecule has 0 radical (unpaired) electrons. The van der Waals surface area contributed by atoms with Crippen molar-refractivity contribution in [1.82, 2.24) is 30.2 Å². The number of hydrogen-bond acceptors (Lipinski definition) is 11. The first-order valence-electron chi connectivity index (χ1n) is 14.7. The van der Waals surface area contributed by atoms with Crippen molar-refractivity contribution in [3.63, 3.8) is 0 Å². The first-order chi connectivity index (χ1) is 21.3. The molecule has 13 heteroatoms. The molecule has 1 amide bonds. The number of amides is 1. The molecule has 2 aromatic carbocycles. The zero-order chi connectivity index (χ0) is 31.1. The average molecular weight is 605 g/mol. The lowest BCUT2D eigenvalue weighted by Gasteiger charge is -2.25. The largest absolute Gasteiger partial charge is 0.497 e. The molecule has 13 nitrogen and oxygen atoms in total. The maximum atomic E-state index is 12.8. The topological polar surface area (TPSA) is 196 Å². The SMILES string of the molecule is COc1ccc(CCNC(=O)[C@@H](N)CC[C@@H](C[C@H]2O[C@@H](n3cnc4c(N)ncnc43)[C@H](O)[C@@H]2O)NCc2ccccc2)cc1. The minimum absolute atomic E-state index is 0.170. The number of nitrogens with one attached hydrogen (secondary N) is 2. The second-order valence-corrected chi connectivity index (χ2v) is 11.0. The van der Waals surface area contributed by atoms with Crippen LogP contribution < -0.4 is 26.8 Å². The maximum absolute atomic E-state index is 12.8. The van der Waals surface area contributed by atoms with Crippen molar-refractivity contribution in [3.8, 4) is 5.75 Å². The van der Waals surface area contributed by atoms with E-state index in [-0.39, 0.29) is 17.8 Å². The fourth-order valence-electron chi connectivity index (χ4n) is 5.42. The third-order valence-electron chi connectivity index (χ3n) is 7.99. The van der Waals surface area contributed by atoms with E-state index in [1.165, 1.54) is 12.7 Å². The quantitative estimate of drug-likeness (QED) is 0.120. The third-order valence-corrected chi connectivity index (χ3v) is 7.99. The number of nitrogens with zero attached hydrogens (tertiary/aromatic N) is 4.